The highest BCUT2D eigenvalue weighted by atomic mass is 16.9. The Kier molecular flexibility index (Phi) is 4.17. The van der Waals surface area contributed by atoms with Gasteiger partial charge in [-0.1, -0.05) is 18.2 Å². The Balaban J connectivity index is 1.91. The van der Waals surface area contributed by atoms with Crippen molar-refractivity contribution in [2.45, 2.75) is 32.5 Å². The number of hydrogen-bond donors (Lipinski definition) is 0. The van der Waals surface area contributed by atoms with Crippen LogP contribution in [0.5, 0.6) is 5.75 Å². The monoisotopic (exact) mass is 251 g/mol. The molecule has 1 fully saturated rings. The predicted molar refractivity (Wildman–Crippen MR) is 66.4 cm³/mol. The van der Waals surface area contributed by atoms with E-state index in [1.54, 1.807) is 7.05 Å². The lowest BCUT2D eigenvalue weighted by molar-refractivity contribution is -0.204. The number of benzene rings is 1. The highest BCUT2D eigenvalue weighted by Gasteiger charge is 2.32. The summed E-state index contributed by atoms with van der Waals surface area (Å²) >= 11 is 0. The van der Waals surface area contributed by atoms with Crippen molar-refractivity contribution in [1.29, 1.82) is 0 Å². The Morgan fingerprint density at radius 2 is 1.72 bits per heavy atom. The summed E-state index contributed by atoms with van der Waals surface area (Å²) in [4.78, 5) is 3.91. The molecule has 18 heavy (non-hydrogen) atoms. The van der Waals surface area contributed by atoms with E-state index >= 15 is 0 Å². The van der Waals surface area contributed by atoms with E-state index in [2.05, 4.69) is 4.99 Å². The van der Waals surface area contributed by atoms with Crippen molar-refractivity contribution in [2.75, 3.05) is 7.05 Å². The zero-order chi connectivity index (χ0) is 13.0. The summed E-state index contributed by atoms with van der Waals surface area (Å²) in [7, 11) is 1.58. The first-order chi connectivity index (χ1) is 8.69. The number of hydrogen-bond acceptors (Lipinski definition) is 5. The summed E-state index contributed by atoms with van der Waals surface area (Å²) in [5.74, 6) is 0.650. The van der Waals surface area contributed by atoms with Gasteiger partial charge in [-0.25, -0.2) is 4.99 Å². The molecule has 0 aromatic heterocycles. The molecule has 0 saturated carbocycles. The maximum atomic E-state index is 5.46. The van der Waals surface area contributed by atoms with Crippen LogP contribution in [0.25, 0.3) is 0 Å². The molecule has 0 bridgehead atoms. The van der Waals surface area contributed by atoms with Crippen molar-refractivity contribution < 1.29 is 18.9 Å². The lowest BCUT2D eigenvalue weighted by atomic mass is 10.3. The van der Waals surface area contributed by atoms with E-state index in [9.17, 15) is 0 Å². The predicted octanol–water partition coefficient (Wildman–Crippen LogP) is 2.18. The van der Waals surface area contributed by atoms with Gasteiger partial charge < -0.3 is 18.9 Å². The van der Waals surface area contributed by atoms with Gasteiger partial charge in [-0.15, -0.1) is 0 Å². The van der Waals surface area contributed by atoms with E-state index in [1.165, 1.54) is 0 Å². The van der Waals surface area contributed by atoms with Gasteiger partial charge in [-0.3, -0.25) is 0 Å². The van der Waals surface area contributed by atoms with E-state index in [0.29, 0.717) is 5.75 Å². The minimum atomic E-state index is -0.766. The van der Waals surface area contributed by atoms with Crippen LogP contribution in [0.3, 0.4) is 0 Å². The number of ether oxygens (including phenoxy) is 4. The Morgan fingerprint density at radius 3 is 2.28 bits per heavy atom. The fourth-order valence-electron chi connectivity index (χ4n) is 1.45. The van der Waals surface area contributed by atoms with Crippen LogP contribution in [0.1, 0.15) is 13.8 Å². The molecule has 0 spiro atoms. The van der Waals surface area contributed by atoms with Crippen LogP contribution in [-0.2, 0) is 14.2 Å². The van der Waals surface area contributed by atoms with Crippen LogP contribution in [0.4, 0.5) is 0 Å². The van der Waals surface area contributed by atoms with Gasteiger partial charge in [-0.2, -0.15) is 0 Å². The number of rotatable bonds is 2. The molecule has 2 atom stereocenters. The fourth-order valence-corrected chi connectivity index (χ4v) is 1.45. The zero-order valence-corrected chi connectivity index (χ0v) is 10.7. The van der Waals surface area contributed by atoms with Gasteiger partial charge in [0.05, 0.1) is 12.2 Å². The van der Waals surface area contributed by atoms with Crippen LogP contribution < -0.4 is 4.74 Å². The third-order valence-corrected chi connectivity index (χ3v) is 2.64. The van der Waals surface area contributed by atoms with Gasteiger partial charge in [0.1, 0.15) is 5.75 Å². The number of aliphatic imine (C=N–C) groups is 1. The average Bonchev–Trinajstić information content (AvgIpc) is 2.69. The summed E-state index contributed by atoms with van der Waals surface area (Å²) in [5, 5.41) is 0. The summed E-state index contributed by atoms with van der Waals surface area (Å²) in [6.45, 7) is 3.08. The summed E-state index contributed by atoms with van der Waals surface area (Å²) in [5.41, 5.74) is 0. The number of nitrogens with zero attached hydrogens (tertiary/aromatic N) is 1. The Hall–Kier alpha value is -1.59. The lowest BCUT2D eigenvalue weighted by Gasteiger charge is -2.13. The van der Waals surface area contributed by atoms with Crippen molar-refractivity contribution in [3.05, 3.63) is 30.3 Å². The first-order valence-corrected chi connectivity index (χ1v) is 5.86. The van der Waals surface area contributed by atoms with Gasteiger partial charge in [0.2, 0.25) is 0 Å². The molecule has 2 rings (SSSR count). The van der Waals surface area contributed by atoms with Crippen LogP contribution in [0.15, 0.2) is 35.3 Å². The van der Waals surface area contributed by atoms with E-state index in [1.807, 2.05) is 44.2 Å². The van der Waals surface area contributed by atoms with Crippen molar-refractivity contribution in [2.24, 2.45) is 4.99 Å². The molecule has 98 valence electrons. The molecule has 1 aromatic carbocycles. The van der Waals surface area contributed by atoms with Gasteiger partial charge in [0.25, 0.3) is 0 Å². The van der Waals surface area contributed by atoms with E-state index < -0.39 is 6.48 Å². The second-order valence-electron chi connectivity index (χ2n) is 3.99. The topological polar surface area (TPSA) is 49.3 Å². The van der Waals surface area contributed by atoms with Crippen LogP contribution in [0.2, 0.25) is 0 Å². The third-order valence-electron chi connectivity index (χ3n) is 2.64. The average molecular weight is 251 g/mol. The van der Waals surface area contributed by atoms with Gasteiger partial charge in [0.15, 0.2) is 0 Å². The molecule has 1 aromatic rings. The fraction of sp³-hybridized carbons (Fsp3) is 0.462. The van der Waals surface area contributed by atoms with Crippen molar-refractivity contribution in [3.8, 4) is 5.75 Å². The molecule has 0 N–H and O–H groups in total. The smallest absolute Gasteiger partial charge is 0.392 e. The van der Waals surface area contributed by atoms with Crippen molar-refractivity contribution in [1.82, 2.24) is 0 Å². The summed E-state index contributed by atoms with van der Waals surface area (Å²) in [6, 6.07) is 9.28. The summed E-state index contributed by atoms with van der Waals surface area (Å²) in [6.07, 6.45) is 0.0992. The highest BCUT2D eigenvalue weighted by molar-refractivity contribution is 5.69. The highest BCUT2D eigenvalue weighted by Crippen LogP contribution is 2.20. The van der Waals surface area contributed by atoms with Crippen LogP contribution in [-0.4, -0.2) is 31.8 Å². The number of para-hydroxylation sites is 1. The van der Waals surface area contributed by atoms with Gasteiger partial charge in [0, 0.05) is 7.05 Å². The van der Waals surface area contributed by atoms with Crippen molar-refractivity contribution in [3.63, 3.8) is 0 Å². The van der Waals surface area contributed by atoms with Crippen molar-refractivity contribution >= 4 is 6.08 Å². The second kappa shape index (κ2) is 5.84. The maximum Gasteiger partial charge on any atom is 0.392 e. The molecule has 5 nitrogen and oxygen atoms in total. The molecule has 0 aliphatic carbocycles. The Morgan fingerprint density at radius 1 is 1.11 bits per heavy atom. The standard InChI is InChI=1S/C13H17NO4/c1-9-10(2)16-13(15-9)18-12(14-3)17-11-7-5-4-6-8-11/h4-10,13H,1-3H3. The van der Waals surface area contributed by atoms with Gasteiger partial charge in [-0.05, 0) is 26.0 Å². The lowest BCUT2D eigenvalue weighted by Crippen LogP contribution is -2.23. The minimum Gasteiger partial charge on any atom is -0.411 e. The molecule has 0 radical (unpaired) electrons. The van der Waals surface area contributed by atoms with E-state index in [-0.39, 0.29) is 18.3 Å². The first-order valence-electron chi connectivity index (χ1n) is 5.86. The molecule has 2 unspecified atom stereocenters. The minimum absolute atomic E-state index is 0.00942. The Labute approximate surface area is 106 Å². The first kappa shape index (κ1) is 12.9. The van der Waals surface area contributed by atoms with Gasteiger partial charge >= 0.3 is 12.6 Å². The SMILES string of the molecule is CN=C(Oc1ccccc1)OC1OC(C)C(C)O1. The Bertz CT molecular complexity index is 397. The molecule has 1 aliphatic rings. The molecular formula is C13H17NO4. The second-order valence-corrected chi connectivity index (χ2v) is 3.99. The third kappa shape index (κ3) is 3.21. The van der Waals surface area contributed by atoms with Crippen LogP contribution >= 0.6 is 0 Å². The zero-order valence-electron chi connectivity index (χ0n) is 10.7. The van der Waals surface area contributed by atoms with Crippen LogP contribution in [0, 0.1) is 0 Å². The largest absolute Gasteiger partial charge is 0.411 e. The molecule has 0 amide bonds. The molecular weight excluding hydrogens is 234 g/mol. The quantitative estimate of drug-likeness (QED) is 0.597. The summed E-state index contributed by atoms with van der Waals surface area (Å²) < 4.78 is 21.7. The molecule has 1 aliphatic heterocycles. The van der Waals surface area contributed by atoms with E-state index in [0.717, 1.165) is 0 Å². The van der Waals surface area contributed by atoms with E-state index in [4.69, 9.17) is 18.9 Å². The molecule has 1 heterocycles. The maximum absolute atomic E-state index is 5.46. The molecule has 1 saturated heterocycles. The molecule has 5 heteroatoms. The normalized spacial score (nSPS) is 28.2.